The predicted octanol–water partition coefficient (Wildman–Crippen LogP) is -0.798. The molecule has 20 heavy (non-hydrogen) atoms. The lowest BCUT2D eigenvalue weighted by molar-refractivity contribution is -0.525. The first-order chi connectivity index (χ1) is 9.47. The third kappa shape index (κ3) is 7.00. The van der Waals surface area contributed by atoms with Gasteiger partial charge >= 0.3 is 0 Å². The second-order valence-corrected chi connectivity index (χ2v) is 4.92. The smallest absolute Gasteiger partial charge is 0.259 e. The highest BCUT2D eigenvalue weighted by atomic mass is 16.7. The molecule has 1 atom stereocenters. The highest BCUT2D eigenvalue weighted by Crippen LogP contribution is 2.09. The van der Waals surface area contributed by atoms with Gasteiger partial charge in [0.2, 0.25) is 5.91 Å². The van der Waals surface area contributed by atoms with E-state index in [2.05, 4.69) is 9.89 Å². The van der Waals surface area contributed by atoms with Crippen molar-refractivity contribution in [2.24, 2.45) is 16.5 Å². The topological polar surface area (TPSA) is 140 Å². The number of guanidine groups is 1. The Labute approximate surface area is 117 Å². The summed E-state index contributed by atoms with van der Waals surface area (Å²) in [6.07, 6.45) is 3.96. The summed E-state index contributed by atoms with van der Waals surface area (Å²) in [5.41, 5.74) is 12.8. The van der Waals surface area contributed by atoms with Gasteiger partial charge < -0.3 is 16.4 Å². The van der Waals surface area contributed by atoms with E-state index in [1.807, 2.05) is 0 Å². The zero-order valence-electron chi connectivity index (χ0n) is 11.5. The highest BCUT2D eigenvalue weighted by molar-refractivity contribution is 5.91. The van der Waals surface area contributed by atoms with Gasteiger partial charge in [-0.3, -0.25) is 4.79 Å². The average Bonchev–Trinajstić information content (AvgIpc) is 2.80. The number of nitro groups is 1. The molecule has 0 spiro atoms. The largest absolute Gasteiger partial charge is 0.365 e. The highest BCUT2D eigenvalue weighted by Gasteiger charge is 2.15. The van der Waals surface area contributed by atoms with E-state index in [-0.39, 0.29) is 12.5 Å². The molecule has 1 rings (SSSR count). The molecule has 1 heterocycles. The van der Waals surface area contributed by atoms with Crippen molar-refractivity contribution in [3.05, 3.63) is 10.1 Å². The van der Waals surface area contributed by atoms with E-state index in [1.165, 1.54) is 12.8 Å². The molecule has 0 radical (unpaired) electrons. The molecule has 0 aliphatic carbocycles. The van der Waals surface area contributed by atoms with Crippen LogP contribution in [0.4, 0.5) is 0 Å². The fourth-order valence-corrected chi connectivity index (χ4v) is 2.21. The Kier molecular flexibility index (Phi) is 6.88. The van der Waals surface area contributed by atoms with Crippen molar-refractivity contribution in [2.45, 2.75) is 38.1 Å². The molecule has 1 fully saturated rings. The summed E-state index contributed by atoms with van der Waals surface area (Å²) in [5.74, 6) is -0.980. The number of rotatable bonds is 7. The van der Waals surface area contributed by atoms with Crippen LogP contribution in [0, 0.1) is 10.1 Å². The average molecular weight is 286 g/mol. The van der Waals surface area contributed by atoms with Crippen molar-refractivity contribution in [1.82, 2.24) is 10.3 Å². The number of hydrazine groups is 1. The van der Waals surface area contributed by atoms with E-state index in [0.717, 1.165) is 26.1 Å². The van der Waals surface area contributed by atoms with Gasteiger partial charge in [0.1, 0.15) is 0 Å². The Balaban J connectivity index is 2.15. The summed E-state index contributed by atoms with van der Waals surface area (Å²) >= 11 is 0. The first kappa shape index (κ1) is 16.3. The molecule has 0 saturated carbocycles. The normalized spacial score (nSPS) is 17.9. The summed E-state index contributed by atoms with van der Waals surface area (Å²) in [7, 11) is 0. The fourth-order valence-electron chi connectivity index (χ4n) is 2.21. The van der Waals surface area contributed by atoms with Crippen molar-refractivity contribution in [3.8, 4) is 0 Å². The standard InChI is InChI=1S/C11H22N6O3/c12-9(8-16-6-1-2-7-16)4-3-5-10(18)14-11(13)15-17(19)20/h9H,1-8,12H2,(H3,13,14,15,18)/t9-/m0/s1. The summed E-state index contributed by atoms with van der Waals surface area (Å²) in [6.45, 7) is 3.04. The van der Waals surface area contributed by atoms with Gasteiger partial charge in [-0.25, -0.2) is 10.1 Å². The lowest BCUT2D eigenvalue weighted by Crippen LogP contribution is -2.37. The van der Waals surface area contributed by atoms with E-state index < -0.39 is 16.9 Å². The Morgan fingerprint density at radius 2 is 2.10 bits per heavy atom. The zero-order chi connectivity index (χ0) is 15.0. The monoisotopic (exact) mass is 286 g/mol. The van der Waals surface area contributed by atoms with Crippen LogP contribution in [0.2, 0.25) is 0 Å². The predicted molar refractivity (Wildman–Crippen MR) is 74.3 cm³/mol. The fraction of sp³-hybridized carbons (Fsp3) is 0.818. The molecule has 1 aliphatic rings. The summed E-state index contributed by atoms with van der Waals surface area (Å²) in [5, 5.41) is 9.20. The number of hydrogen-bond donors (Lipinski definition) is 3. The van der Waals surface area contributed by atoms with Crippen LogP contribution >= 0.6 is 0 Å². The molecule has 1 aliphatic heterocycles. The van der Waals surface area contributed by atoms with Crippen molar-refractivity contribution in [3.63, 3.8) is 0 Å². The van der Waals surface area contributed by atoms with E-state index in [1.54, 1.807) is 5.43 Å². The molecule has 114 valence electrons. The Bertz CT molecular complexity index is 367. The maximum absolute atomic E-state index is 11.4. The summed E-state index contributed by atoms with van der Waals surface area (Å²) in [6, 6.07) is 0.0409. The second-order valence-electron chi connectivity index (χ2n) is 4.92. The Morgan fingerprint density at radius 3 is 2.70 bits per heavy atom. The van der Waals surface area contributed by atoms with Crippen LogP contribution in [0.1, 0.15) is 32.1 Å². The number of carbonyl (C=O) groups is 1. The maximum Gasteiger partial charge on any atom is 0.259 e. The molecule has 0 aromatic carbocycles. The second kappa shape index (κ2) is 8.43. The van der Waals surface area contributed by atoms with Gasteiger partial charge in [-0.2, -0.15) is 4.99 Å². The minimum atomic E-state index is -0.863. The van der Waals surface area contributed by atoms with Crippen molar-refractivity contribution in [2.75, 3.05) is 19.6 Å². The molecule has 0 unspecified atom stereocenters. The van der Waals surface area contributed by atoms with Crippen molar-refractivity contribution < 1.29 is 9.83 Å². The van der Waals surface area contributed by atoms with E-state index in [9.17, 15) is 14.9 Å². The van der Waals surface area contributed by atoms with Crippen LogP contribution in [0.3, 0.4) is 0 Å². The van der Waals surface area contributed by atoms with Crippen LogP contribution in [0.25, 0.3) is 0 Å². The summed E-state index contributed by atoms with van der Waals surface area (Å²) in [4.78, 5) is 27.1. The van der Waals surface area contributed by atoms with Crippen LogP contribution in [0.5, 0.6) is 0 Å². The quantitative estimate of drug-likeness (QED) is 0.241. The van der Waals surface area contributed by atoms with E-state index in [0.29, 0.717) is 6.42 Å². The molecule has 0 aromatic heterocycles. The molecule has 1 amide bonds. The lowest BCUT2D eigenvalue weighted by Gasteiger charge is -2.19. The third-order valence-corrected chi connectivity index (χ3v) is 3.11. The minimum Gasteiger partial charge on any atom is -0.365 e. The third-order valence-electron chi connectivity index (χ3n) is 3.11. The van der Waals surface area contributed by atoms with Crippen molar-refractivity contribution in [1.29, 1.82) is 0 Å². The number of carbonyl (C=O) groups excluding carboxylic acids is 1. The van der Waals surface area contributed by atoms with Crippen LogP contribution in [-0.4, -0.2) is 47.5 Å². The number of aliphatic imine (C=N–C) groups is 1. The molecule has 0 aromatic rings. The van der Waals surface area contributed by atoms with Gasteiger partial charge in [0.05, 0.1) is 0 Å². The molecule has 1 saturated heterocycles. The zero-order valence-corrected chi connectivity index (χ0v) is 11.5. The Morgan fingerprint density at radius 1 is 1.45 bits per heavy atom. The first-order valence-corrected chi connectivity index (χ1v) is 6.73. The number of nitrogens with one attached hydrogen (secondary N) is 1. The van der Waals surface area contributed by atoms with Crippen LogP contribution in [-0.2, 0) is 4.79 Å². The minimum absolute atomic E-state index is 0.0409. The molecular formula is C11H22N6O3. The van der Waals surface area contributed by atoms with E-state index >= 15 is 0 Å². The lowest BCUT2D eigenvalue weighted by atomic mass is 10.1. The van der Waals surface area contributed by atoms with Crippen LogP contribution < -0.4 is 16.9 Å². The van der Waals surface area contributed by atoms with Gasteiger partial charge in [-0.15, -0.1) is 0 Å². The summed E-state index contributed by atoms with van der Waals surface area (Å²) < 4.78 is 0. The molecule has 9 nitrogen and oxygen atoms in total. The molecule has 0 bridgehead atoms. The van der Waals surface area contributed by atoms with Gasteiger partial charge in [0, 0.05) is 19.0 Å². The van der Waals surface area contributed by atoms with E-state index in [4.69, 9.17) is 11.5 Å². The van der Waals surface area contributed by atoms with Crippen LogP contribution in [0.15, 0.2) is 4.99 Å². The number of nitrogens with two attached hydrogens (primary N) is 2. The maximum atomic E-state index is 11.4. The van der Waals surface area contributed by atoms with Gasteiger partial charge in [0.25, 0.3) is 5.96 Å². The van der Waals surface area contributed by atoms with Gasteiger partial charge in [0.15, 0.2) is 5.03 Å². The molecule has 5 N–H and O–H groups in total. The van der Waals surface area contributed by atoms with Gasteiger partial charge in [-0.1, -0.05) is 5.43 Å². The molecule has 9 heteroatoms. The Hall–Kier alpha value is -1.74. The van der Waals surface area contributed by atoms with Crippen molar-refractivity contribution >= 4 is 11.9 Å². The molecular weight excluding hydrogens is 264 g/mol. The number of amides is 1. The number of hydrogen-bond acceptors (Lipinski definition) is 5. The SMILES string of the molecule is NC(=NC(=O)CCC[C@H](N)CN1CCCC1)N[N+](=O)[O-]. The van der Waals surface area contributed by atoms with Gasteiger partial charge in [-0.05, 0) is 38.8 Å². The number of nitrogens with zero attached hydrogens (tertiary/aromatic N) is 3. The first-order valence-electron chi connectivity index (χ1n) is 6.73. The number of likely N-dealkylation sites (tertiary alicyclic amines) is 1.